The van der Waals surface area contributed by atoms with Crippen LogP contribution in [0.5, 0.6) is 0 Å². The Balaban J connectivity index is 1.36. The Morgan fingerprint density at radius 1 is 0.630 bits per heavy atom. The zero-order valence-corrected chi connectivity index (χ0v) is 25.7. The van der Waals surface area contributed by atoms with Gasteiger partial charge in [-0.05, 0) is 89.9 Å². The van der Waals surface area contributed by atoms with Crippen molar-refractivity contribution < 1.29 is 0 Å². The molecule has 0 spiro atoms. The highest BCUT2D eigenvalue weighted by Crippen LogP contribution is 2.50. The topological polar surface area (TPSA) is 9.72 Å². The number of hydrogen-bond donors (Lipinski definition) is 0. The van der Waals surface area contributed by atoms with E-state index in [-0.39, 0.29) is 12.8 Å². The fourth-order valence-corrected chi connectivity index (χ4v) is 8.06. The van der Waals surface area contributed by atoms with E-state index in [0.717, 1.165) is 19.3 Å². The molecule has 0 saturated heterocycles. The van der Waals surface area contributed by atoms with E-state index in [1.165, 1.54) is 61.9 Å². The molecule has 1 unspecified atom stereocenters. The van der Waals surface area contributed by atoms with E-state index in [9.17, 15) is 0 Å². The van der Waals surface area contributed by atoms with E-state index in [2.05, 4.69) is 179 Å². The third kappa shape index (κ3) is 4.28. The number of fused-ring (bicyclic) bond motifs is 3. The first-order chi connectivity index (χ1) is 22.9. The van der Waals surface area contributed by atoms with Crippen molar-refractivity contribution >= 4 is 40.6 Å². The lowest BCUT2D eigenvalue weighted by Gasteiger charge is -2.52. The lowest BCUT2D eigenvalue weighted by Crippen LogP contribution is -2.57. The summed E-state index contributed by atoms with van der Waals surface area (Å²) in [5.74, 6) is 0. The van der Waals surface area contributed by atoms with Crippen molar-refractivity contribution in [3.05, 3.63) is 192 Å². The van der Waals surface area contributed by atoms with E-state index in [4.69, 9.17) is 0 Å². The van der Waals surface area contributed by atoms with E-state index in [1.807, 2.05) is 0 Å². The van der Waals surface area contributed by atoms with Gasteiger partial charge < -0.3 is 14.7 Å². The lowest BCUT2D eigenvalue weighted by molar-refractivity contribution is 0.665. The minimum atomic E-state index is 0.155. The minimum absolute atomic E-state index is 0.155. The Morgan fingerprint density at radius 2 is 1.22 bits per heavy atom. The number of hydrogen-bond acceptors (Lipinski definition) is 3. The highest BCUT2D eigenvalue weighted by molar-refractivity contribution is 6.89. The Labute approximate surface area is 271 Å². The second-order valence-electron chi connectivity index (χ2n) is 12.4. The first-order valence-electron chi connectivity index (χ1n) is 16.4. The van der Waals surface area contributed by atoms with Crippen molar-refractivity contribution in [3.63, 3.8) is 0 Å². The van der Waals surface area contributed by atoms with Gasteiger partial charge in [-0.25, -0.2) is 0 Å². The molecule has 1 atom stereocenters. The van der Waals surface area contributed by atoms with Crippen LogP contribution in [0, 0.1) is 0 Å². The minimum Gasteiger partial charge on any atom is -0.339 e. The van der Waals surface area contributed by atoms with Gasteiger partial charge in [0.2, 0.25) is 6.71 Å². The van der Waals surface area contributed by atoms with Gasteiger partial charge in [-0.1, -0.05) is 103 Å². The molecule has 46 heavy (non-hydrogen) atoms. The smallest absolute Gasteiger partial charge is 0.246 e. The van der Waals surface area contributed by atoms with Crippen LogP contribution in [-0.2, 0) is 0 Å². The highest BCUT2D eigenvalue weighted by Gasteiger charge is 2.49. The lowest BCUT2D eigenvalue weighted by atomic mass is 9.30. The molecule has 3 nitrogen and oxygen atoms in total. The number of nitrogens with zero attached hydrogens (tertiary/aromatic N) is 3. The standard InChI is InChI=1S/C42H34BN3/c1-5-17-31(18-6-1)44(32-19-7-2-8-20-32)35-29-40-42-41(30-35)46(34-23-11-4-12-24-34)39-28-16-14-26-37(39)43(42)36-25-13-15-27-38(36)45(40)33-21-9-3-10-22-33/h1-15,17-27,29,41H,16,28,30H2. The average molecular weight is 592 g/mol. The van der Waals surface area contributed by atoms with E-state index < -0.39 is 0 Å². The molecule has 9 rings (SSSR count). The summed E-state index contributed by atoms with van der Waals surface area (Å²) < 4.78 is 0. The summed E-state index contributed by atoms with van der Waals surface area (Å²) in [5, 5.41) is 0. The van der Waals surface area contributed by atoms with Crippen LogP contribution in [0.4, 0.5) is 28.4 Å². The van der Waals surface area contributed by atoms with Crippen LogP contribution in [0.2, 0.25) is 0 Å². The predicted molar refractivity (Wildman–Crippen MR) is 193 cm³/mol. The van der Waals surface area contributed by atoms with Crippen LogP contribution in [0.1, 0.15) is 19.3 Å². The third-order valence-corrected chi connectivity index (χ3v) is 9.86. The fraction of sp³-hybridized carbons (Fsp3) is 0.0952. The van der Waals surface area contributed by atoms with Crippen molar-refractivity contribution in [2.45, 2.75) is 25.3 Å². The second-order valence-corrected chi connectivity index (χ2v) is 12.4. The Morgan fingerprint density at radius 3 is 1.89 bits per heavy atom. The molecular formula is C42H34BN3. The molecule has 0 radical (unpaired) electrons. The Kier molecular flexibility index (Phi) is 6.52. The van der Waals surface area contributed by atoms with E-state index in [0.29, 0.717) is 0 Å². The van der Waals surface area contributed by atoms with Crippen molar-refractivity contribution in [3.8, 4) is 0 Å². The molecule has 2 aliphatic carbocycles. The first kappa shape index (κ1) is 26.9. The van der Waals surface area contributed by atoms with Crippen LogP contribution in [-0.4, -0.2) is 12.8 Å². The highest BCUT2D eigenvalue weighted by atomic mass is 15.2. The molecular weight excluding hydrogens is 557 g/mol. The van der Waals surface area contributed by atoms with Gasteiger partial charge >= 0.3 is 0 Å². The van der Waals surface area contributed by atoms with Crippen molar-refractivity contribution in [1.29, 1.82) is 0 Å². The fourth-order valence-electron chi connectivity index (χ4n) is 8.06. The van der Waals surface area contributed by atoms with Crippen LogP contribution in [0.25, 0.3) is 0 Å². The summed E-state index contributed by atoms with van der Waals surface area (Å²) in [5.41, 5.74) is 14.4. The summed E-state index contributed by atoms with van der Waals surface area (Å²) >= 11 is 0. The first-order valence-corrected chi connectivity index (χ1v) is 16.4. The maximum Gasteiger partial charge on any atom is 0.246 e. The SMILES string of the molecule is C1=CC2=C(CC1)N(c1ccccc1)C1CC(N(c3ccccc3)c3ccccc3)=CC3=C1B2c1ccccc1N3c1ccccc1. The molecule has 5 aromatic rings. The van der Waals surface area contributed by atoms with E-state index in [1.54, 1.807) is 0 Å². The van der Waals surface area contributed by atoms with Gasteiger partial charge in [0.05, 0.1) is 6.04 Å². The largest absolute Gasteiger partial charge is 0.339 e. The summed E-state index contributed by atoms with van der Waals surface area (Å²) in [6.07, 6.45) is 10.3. The number of allylic oxidation sites excluding steroid dienone is 5. The Bertz CT molecular complexity index is 1990. The van der Waals surface area contributed by atoms with Gasteiger partial charge in [-0.3, -0.25) is 0 Å². The van der Waals surface area contributed by atoms with Crippen LogP contribution in [0.3, 0.4) is 0 Å². The quantitative estimate of drug-likeness (QED) is 0.189. The van der Waals surface area contributed by atoms with Gasteiger partial charge in [-0.2, -0.15) is 0 Å². The van der Waals surface area contributed by atoms with Crippen molar-refractivity contribution in [1.82, 2.24) is 0 Å². The number of anilines is 5. The third-order valence-electron chi connectivity index (χ3n) is 9.86. The molecule has 2 heterocycles. The summed E-state index contributed by atoms with van der Waals surface area (Å²) in [6.45, 7) is 0.211. The zero-order chi connectivity index (χ0) is 30.5. The summed E-state index contributed by atoms with van der Waals surface area (Å²) in [7, 11) is 0. The summed E-state index contributed by atoms with van der Waals surface area (Å²) in [6, 6.07) is 52.9. The van der Waals surface area contributed by atoms with Gasteiger partial charge in [0, 0.05) is 51.9 Å². The molecule has 220 valence electrons. The van der Waals surface area contributed by atoms with Crippen LogP contribution in [0.15, 0.2) is 192 Å². The average Bonchev–Trinajstić information content (AvgIpc) is 3.13. The number of rotatable bonds is 5. The maximum atomic E-state index is 2.68. The molecule has 0 N–H and O–H groups in total. The number of benzene rings is 5. The van der Waals surface area contributed by atoms with Crippen molar-refractivity contribution in [2.75, 3.05) is 14.7 Å². The maximum absolute atomic E-state index is 2.68. The molecule has 5 aromatic carbocycles. The monoisotopic (exact) mass is 591 g/mol. The predicted octanol–water partition coefficient (Wildman–Crippen LogP) is 9.49. The molecule has 0 bridgehead atoms. The van der Waals surface area contributed by atoms with Crippen molar-refractivity contribution in [2.24, 2.45) is 0 Å². The van der Waals surface area contributed by atoms with Gasteiger partial charge in [-0.15, -0.1) is 0 Å². The molecule has 0 fully saturated rings. The van der Waals surface area contributed by atoms with Gasteiger partial charge in [0.25, 0.3) is 0 Å². The molecule has 4 aliphatic rings. The molecule has 0 amide bonds. The van der Waals surface area contributed by atoms with Crippen LogP contribution < -0.4 is 20.2 Å². The number of para-hydroxylation sites is 5. The molecule has 0 saturated carbocycles. The Hall–Kier alpha value is -5.48. The molecule has 0 aromatic heterocycles. The van der Waals surface area contributed by atoms with E-state index >= 15 is 0 Å². The van der Waals surface area contributed by atoms with Gasteiger partial charge in [0.1, 0.15) is 0 Å². The van der Waals surface area contributed by atoms with Gasteiger partial charge in [0.15, 0.2) is 0 Å². The summed E-state index contributed by atoms with van der Waals surface area (Å²) in [4.78, 5) is 7.67. The molecule has 4 heteroatoms. The van der Waals surface area contributed by atoms with Crippen LogP contribution >= 0.6 is 0 Å². The second kappa shape index (κ2) is 11.2. The zero-order valence-electron chi connectivity index (χ0n) is 25.7. The molecule has 2 aliphatic heterocycles. The normalized spacial score (nSPS) is 18.1.